The topological polar surface area (TPSA) is 82.7 Å². The number of nitrogens with one attached hydrogen (secondary N) is 1. The summed E-state index contributed by atoms with van der Waals surface area (Å²) in [4.78, 5) is 18.6. The zero-order chi connectivity index (χ0) is 32.1. The molecular formula is C33H38F3N3O4S. The number of rotatable bonds is 12. The van der Waals surface area contributed by atoms with E-state index in [4.69, 9.17) is 4.74 Å². The third-order valence-electron chi connectivity index (χ3n) is 7.55. The molecule has 1 N–H and O–H groups in total. The lowest BCUT2D eigenvalue weighted by Gasteiger charge is -2.28. The molecule has 44 heavy (non-hydrogen) atoms. The number of H-pyrrole nitrogens is 1. The zero-order valence-corrected chi connectivity index (χ0v) is 26.1. The van der Waals surface area contributed by atoms with E-state index in [0.717, 1.165) is 38.5 Å². The summed E-state index contributed by atoms with van der Waals surface area (Å²) < 4.78 is 73.2. The summed E-state index contributed by atoms with van der Waals surface area (Å²) in [7, 11) is -2.62. The SMILES string of the molecule is COCCN(CC(=O)N(CCc1c[nH]c2ccccc12)Cc1ccc(C(F)(F)F)cc1)S(=O)(=O)c1ccc(C(C)(C)C)cc1. The van der Waals surface area contributed by atoms with Crippen molar-refractivity contribution in [1.82, 2.24) is 14.2 Å². The van der Waals surface area contributed by atoms with Gasteiger partial charge in [-0.3, -0.25) is 4.79 Å². The molecule has 0 fully saturated rings. The standard InChI is InChI=1S/C33H38F3N3O4S/c1-32(2,3)26-13-15-28(16-14-26)44(41,42)39(19-20-43-4)23-31(40)38(22-24-9-11-27(12-10-24)33(34,35)36)18-17-25-21-37-30-8-6-5-7-29(25)30/h5-16,21,37H,17-20,22-23H2,1-4H3. The maximum absolute atomic E-state index is 13.8. The number of carbonyl (C=O) groups excluding carboxylic acids is 1. The lowest BCUT2D eigenvalue weighted by atomic mass is 9.87. The molecular weight excluding hydrogens is 591 g/mol. The summed E-state index contributed by atoms with van der Waals surface area (Å²) in [6.45, 7) is 5.88. The number of hydrogen-bond acceptors (Lipinski definition) is 4. The number of para-hydroxylation sites is 1. The van der Waals surface area contributed by atoms with Gasteiger partial charge in [0.2, 0.25) is 15.9 Å². The number of sulfonamides is 1. The number of methoxy groups -OCH3 is 1. The maximum atomic E-state index is 13.8. The van der Waals surface area contributed by atoms with E-state index >= 15 is 0 Å². The molecule has 11 heteroatoms. The smallest absolute Gasteiger partial charge is 0.383 e. The fourth-order valence-electron chi connectivity index (χ4n) is 4.91. The molecule has 4 aromatic rings. The maximum Gasteiger partial charge on any atom is 0.416 e. The van der Waals surface area contributed by atoms with Crippen molar-refractivity contribution in [3.05, 3.63) is 101 Å². The Balaban J connectivity index is 1.60. The van der Waals surface area contributed by atoms with Crippen molar-refractivity contribution >= 4 is 26.8 Å². The van der Waals surface area contributed by atoms with Crippen LogP contribution in [0.15, 0.2) is 83.9 Å². The number of carbonyl (C=O) groups is 1. The van der Waals surface area contributed by atoms with E-state index in [1.807, 2.05) is 51.2 Å². The summed E-state index contributed by atoms with van der Waals surface area (Å²) in [6, 6.07) is 19.0. The highest BCUT2D eigenvalue weighted by atomic mass is 32.2. The molecule has 1 heterocycles. The fourth-order valence-corrected chi connectivity index (χ4v) is 6.28. The highest BCUT2D eigenvalue weighted by Crippen LogP contribution is 2.29. The van der Waals surface area contributed by atoms with Gasteiger partial charge in [-0.1, -0.05) is 63.2 Å². The Morgan fingerprint density at radius 1 is 0.886 bits per heavy atom. The lowest BCUT2D eigenvalue weighted by molar-refractivity contribution is -0.137. The van der Waals surface area contributed by atoms with Gasteiger partial charge in [0.1, 0.15) is 0 Å². The van der Waals surface area contributed by atoms with Crippen LogP contribution in [0, 0.1) is 0 Å². The van der Waals surface area contributed by atoms with Gasteiger partial charge in [-0.2, -0.15) is 17.5 Å². The van der Waals surface area contributed by atoms with Crippen LogP contribution >= 0.6 is 0 Å². The Kier molecular flexibility index (Phi) is 10.2. The van der Waals surface area contributed by atoms with Crippen molar-refractivity contribution < 1.29 is 31.1 Å². The second kappa shape index (κ2) is 13.5. The lowest BCUT2D eigenvalue weighted by Crippen LogP contribution is -2.44. The van der Waals surface area contributed by atoms with Crippen LogP contribution in [-0.2, 0) is 44.1 Å². The first kappa shape index (κ1) is 33.2. The van der Waals surface area contributed by atoms with Crippen molar-refractivity contribution in [3.63, 3.8) is 0 Å². The average Bonchev–Trinajstić information content (AvgIpc) is 3.39. The summed E-state index contributed by atoms with van der Waals surface area (Å²) >= 11 is 0. The first-order chi connectivity index (χ1) is 20.7. The molecule has 1 aromatic heterocycles. The molecule has 0 aliphatic carbocycles. The highest BCUT2D eigenvalue weighted by Gasteiger charge is 2.31. The summed E-state index contributed by atoms with van der Waals surface area (Å²) in [5, 5.41) is 0.998. The molecule has 0 aliphatic heterocycles. The monoisotopic (exact) mass is 629 g/mol. The second-order valence-electron chi connectivity index (χ2n) is 11.7. The van der Waals surface area contributed by atoms with Crippen molar-refractivity contribution in [1.29, 1.82) is 0 Å². The Morgan fingerprint density at radius 3 is 2.14 bits per heavy atom. The quantitative estimate of drug-likeness (QED) is 0.197. The largest absolute Gasteiger partial charge is 0.416 e. The van der Waals surface area contributed by atoms with Gasteiger partial charge in [0.05, 0.1) is 23.6 Å². The van der Waals surface area contributed by atoms with Crippen LogP contribution < -0.4 is 0 Å². The van der Waals surface area contributed by atoms with Gasteiger partial charge in [-0.25, -0.2) is 8.42 Å². The van der Waals surface area contributed by atoms with Gasteiger partial charge in [0, 0.05) is 43.8 Å². The third kappa shape index (κ3) is 8.08. The molecule has 4 rings (SSSR count). The number of aromatic amines is 1. The van der Waals surface area contributed by atoms with Gasteiger partial charge in [-0.05, 0) is 58.9 Å². The summed E-state index contributed by atoms with van der Waals surface area (Å²) in [5.74, 6) is -0.476. The highest BCUT2D eigenvalue weighted by molar-refractivity contribution is 7.89. The predicted octanol–water partition coefficient (Wildman–Crippen LogP) is 6.39. The number of hydrogen-bond donors (Lipinski definition) is 1. The molecule has 0 saturated carbocycles. The van der Waals surface area contributed by atoms with E-state index in [9.17, 15) is 26.4 Å². The molecule has 0 saturated heterocycles. The number of alkyl halides is 3. The van der Waals surface area contributed by atoms with Gasteiger partial charge in [0.15, 0.2) is 0 Å². The number of aromatic nitrogens is 1. The van der Waals surface area contributed by atoms with E-state index in [0.29, 0.717) is 12.0 Å². The van der Waals surface area contributed by atoms with Crippen LogP contribution in [0.2, 0.25) is 0 Å². The van der Waals surface area contributed by atoms with Gasteiger partial charge in [0.25, 0.3) is 0 Å². The van der Waals surface area contributed by atoms with E-state index < -0.39 is 34.2 Å². The van der Waals surface area contributed by atoms with Gasteiger partial charge in [-0.15, -0.1) is 0 Å². The Bertz CT molecular complexity index is 1660. The zero-order valence-electron chi connectivity index (χ0n) is 25.3. The second-order valence-corrected chi connectivity index (χ2v) is 13.7. The van der Waals surface area contributed by atoms with Crippen LogP contribution in [0.5, 0.6) is 0 Å². The van der Waals surface area contributed by atoms with Crippen molar-refractivity contribution in [2.45, 2.75) is 50.2 Å². The Morgan fingerprint density at radius 2 is 1.52 bits per heavy atom. The molecule has 0 unspecified atom stereocenters. The molecule has 0 aliphatic rings. The van der Waals surface area contributed by atoms with E-state index in [-0.39, 0.29) is 36.6 Å². The third-order valence-corrected chi connectivity index (χ3v) is 9.41. The summed E-state index contributed by atoms with van der Waals surface area (Å²) in [5.41, 5.74) is 2.42. The minimum absolute atomic E-state index is 0.0117. The normalized spacial score (nSPS) is 12.6. The number of ether oxygens (including phenoxy) is 1. The molecule has 0 bridgehead atoms. The van der Waals surface area contributed by atoms with Gasteiger partial charge >= 0.3 is 6.18 Å². The van der Waals surface area contributed by atoms with Crippen molar-refractivity contribution in [2.75, 3.05) is 33.4 Å². The van der Waals surface area contributed by atoms with Crippen LogP contribution in [0.25, 0.3) is 10.9 Å². The number of amides is 1. The van der Waals surface area contributed by atoms with Crippen LogP contribution in [-0.4, -0.2) is 61.9 Å². The van der Waals surface area contributed by atoms with Gasteiger partial charge < -0.3 is 14.6 Å². The predicted molar refractivity (Wildman–Crippen MR) is 165 cm³/mol. The van der Waals surface area contributed by atoms with Crippen molar-refractivity contribution in [3.8, 4) is 0 Å². The average molecular weight is 630 g/mol. The molecule has 7 nitrogen and oxygen atoms in total. The number of fused-ring (bicyclic) bond motifs is 1. The van der Waals surface area contributed by atoms with E-state index in [2.05, 4.69) is 4.98 Å². The van der Waals surface area contributed by atoms with Crippen LogP contribution in [0.4, 0.5) is 13.2 Å². The van der Waals surface area contributed by atoms with Crippen LogP contribution in [0.3, 0.4) is 0 Å². The number of nitrogens with zero attached hydrogens (tertiary/aromatic N) is 2. The molecule has 1 amide bonds. The molecule has 0 atom stereocenters. The van der Waals surface area contributed by atoms with Crippen LogP contribution in [0.1, 0.15) is 43.0 Å². The van der Waals surface area contributed by atoms with E-state index in [1.165, 1.54) is 36.3 Å². The van der Waals surface area contributed by atoms with E-state index in [1.54, 1.807) is 12.1 Å². The Labute approximate surface area is 256 Å². The molecule has 3 aromatic carbocycles. The number of halogens is 3. The fraction of sp³-hybridized carbons (Fsp3) is 0.364. The number of benzene rings is 3. The first-order valence-corrected chi connectivity index (χ1v) is 15.7. The Hall–Kier alpha value is -3.67. The minimum atomic E-state index is -4.48. The molecule has 0 radical (unpaired) electrons. The molecule has 0 spiro atoms. The minimum Gasteiger partial charge on any atom is -0.383 e. The van der Waals surface area contributed by atoms with Crippen molar-refractivity contribution in [2.24, 2.45) is 0 Å². The first-order valence-electron chi connectivity index (χ1n) is 14.3. The summed E-state index contributed by atoms with van der Waals surface area (Å²) in [6.07, 6.45) is -2.16. The molecule has 236 valence electrons.